The Balaban J connectivity index is 1.47. The molecule has 184 valence electrons. The van der Waals surface area contributed by atoms with Crippen LogP contribution in [0.4, 0.5) is 0 Å². The van der Waals surface area contributed by atoms with Gasteiger partial charge in [0.25, 0.3) is 0 Å². The highest BCUT2D eigenvalue weighted by molar-refractivity contribution is 5.81. The van der Waals surface area contributed by atoms with Gasteiger partial charge in [0.15, 0.2) is 0 Å². The molecular weight excluding hydrogens is 404 g/mol. The lowest BCUT2D eigenvalue weighted by molar-refractivity contribution is -0.158. The monoisotopic (exact) mass is 450 g/mol. The number of ether oxygens (including phenoxy) is 3. The van der Waals surface area contributed by atoms with E-state index in [0.29, 0.717) is 6.61 Å². The van der Waals surface area contributed by atoms with Crippen molar-refractivity contribution in [2.24, 2.45) is 11.8 Å². The zero-order valence-electron chi connectivity index (χ0n) is 20.4. The maximum atomic E-state index is 12.6. The Morgan fingerprint density at radius 2 is 1.47 bits per heavy atom. The molecule has 0 heterocycles. The highest BCUT2D eigenvalue weighted by Gasteiger charge is 2.30. The van der Waals surface area contributed by atoms with E-state index in [1.165, 1.54) is 44.6 Å². The first-order valence-electron chi connectivity index (χ1n) is 13.2. The van der Waals surface area contributed by atoms with Crippen LogP contribution >= 0.6 is 0 Å². The Morgan fingerprint density at radius 3 is 2.12 bits per heavy atom. The van der Waals surface area contributed by atoms with E-state index in [1.807, 2.05) is 0 Å². The van der Waals surface area contributed by atoms with Crippen molar-refractivity contribution < 1.29 is 23.8 Å². The van der Waals surface area contributed by atoms with E-state index in [1.54, 1.807) is 0 Å². The first-order valence-corrected chi connectivity index (χ1v) is 13.2. The molecule has 0 aromatic heterocycles. The minimum atomic E-state index is -0.349. The predicted molar refractivity (Wildman–Crippen MR) is 127 cm³/mol. The van der Waals surface area contributed by atoms with E-state index in [4.69, 9.17) is 14.2 Å². The van der Waals surface area contributed by atoms with Crippen molar-refractivity contribution in [3.8, 4) is 0 Å². The fourth-order valence-electron chi connectivity index (χ4n) is 4.99. The molecule has 2 saturated carbocycles. The van der Waals surface area contributed by atoms with E-state index < -0.39 is 0 Å². The van der Waals surface area contributed by atoms with Crippen LogP contribution in [-0.4, -0.2) is 37.4 Å². The van der Waals surface area contributed by atoms with Crippen molar-refractivity contribution in [1.82, 2.24) is 0 Å². The molecule has 0 unspecified atom stereocenters. The van der Waals surface area contributed by atoms with Crippen molar-refractivity contribution in [3.63, 3.8) is 0 Å². The molecule has 0 bridgehead atoms. The highest BCUT2D eigenvalue weighted by Crippen LogP contribution is 2.32. The fourth-order valence-corrected chi connectivity index (χ4v) is 4.99. The lowest BCUT2D eigenvalue weighted by Crippen LogP contribution is -2.31. The fraction of sp³-hybridized carbons (Fsp3) is 0.852. The van der Waals surface area contributed by atoms with Crippen LogP contribution in [-0.2, 0) is 23.8 Å². The molecule has 5 nitrogen and oxygen atoms in total. The first kappa shape index (κ1) is 26.9. The second kappa shape index (κ2) is 16.3. The van der Waals surface area contributed by atoms with E-state index in [-0.39, 0.29) is 30.1 Å². The van der Waals surface area contributed by atoms with Crippen LogP contribution < -0.4 is 0 Å². The van der Waals surface area contributed by atoms with Crippen LogP contribution in [0.1, 0.15) is 110 Å². The Hall–Kier alpha value is -1.36. The third-order valence-corrected chi connectivity index (χ3v) is 7.10. The summed E-state index contributed by atoms with van der Waals surface area (Å²) in [6.45, 7) is 6.87. The molecule has 0 saturated heterocycles. The van der Waals surface area contributed by atoms with Gasteiger partial charge < -0.3 is 14.2 Å². The smallest absolute Gasteiger partial charge is 0.330 e. The topological polar surface area (TPSA) is 61.8 Å². The molecule has 2 rings (SSSR count). The third kappa shape index (κ3) is 11.0. The third-order valence-electron chi connectivity index (χ3n) is 7.10. The Kier molecular flexibility index (Phi) is 13.7. The predicted octanol–water partition coefficient (Wildman–Crippen LogP) is 6.53. The summed E-state index contributed by atoms with van der Waals surface area (Å²) in [7, 11) is 0. The highest BCUT2D eigenvalue weighted by atomic mass is 16.5. The maximum Gasteiger partial charge on any atom is 0.330 e. The summed E-state index contributed by atoms with van der Waals surface area (Å²) in [6.07, 6.45) is 19.2. The number of rotatable bonds is 15. The van der Waals surface area contributed by atoms with Gasteiger partial charge in [0.2, 0.25) is 0 Å². The summed E-state index contributed by atoms with van der Waals surface area (Å²) in [5.41, 5.74) is 0. The second-order valence-corrected chi connectivity index (χ2v) is 9.71. The van der Waals surface area contributed by atoms with Crippen molar-refractivity contribution >= 4 is 11.9 Å². The number of carbonyl (C=O) groups excluding carboxylic acids is 2. The molecular formula is C27H46O5. The minimum Gasteiger partial charge on any atom is -0.463 e. The van der Waals surface area contributed by atoms with Gasteiger partial charge in [-0.3, -0.25) is 4.79 Å². The van der Waals surface area contributed by atoms with Gasteiger partial charge in [-0.1, -0.05) is 45.6 Å². The van der Waals surface area contributed by atoms with Crippen LogP contribution in [0.25, 0.3) is 0 Å². The number of unbranched alkanes of at least 4 members (excludes halogenated alkanes) is 5. The zero-order valence-corrected chi connectivity index (χ0v) is 20.4. The molecule has 0 radical (unpaired) electrons. The molecule has 0 atom stereocenters. The van der Waals surface area contributed by atoms with Crippen molar-refractivity contribution in [2.45, 2.75) is 122 Å². The van der Waals surface area contributed by atoms with E-state index >= 15 is 0 Å². The molecule has 0 aromatic carbocycles. The molecule has 0 aliphatic heterocycles. The quantitative estimate of drug-likeness (QED) is 0.161. The molecule has 0 aromatic rings. The molecule has 2 fully saturated rings. The van der Waals surface area contributed by atoms with Crippen LogP contribution in [0, 0.1) is 11.8 Å². The average Bonchev–Trinajstić information content (AvgIpc) is 2.82. The van der Waals surface area contributed by atoms with E-state index in [2.05, 4.69) is 13.5 Å². The number of hydrogen-bond donors (Lipinski definition) is 0. The summed E-state index contributed by atoms with van der Waals surface area (Å²) in [6, 6.07) is 0. The normalized spacial score (nSPS) is 25.8. The van der Waals surface area contributed by atoms with Crippen molar-refractivity contribution in [2.75, 3.05) is 13.2 Å². The van der Waals surface area contributed by atoms with Crippen molar-refractivity contribution in [1.29, 1.82) is 0 Å². The van der Waals surface area contributed by atoms with Gasteiger partial charge in [-0.15, -0.1) is 0 Å². The van der Waals surface area contributed by atoms with Crippen LogP contribution in [0.5, 0.6) is 0 Å². The second-order valence-electron chi connectivity index (χ2n) is 9.71. The molecule has 2 aliphatic carbocycles. The Bertz CT molecular complexity index is 530. The van der Waals surface area contributed by atoms with E-state index in [0.717, 1.165) is 76.7 Å². The summed E-state index contributed by atoms with van der Waals surface area (Å²) in [5, 5.41) is 0. The summed E-state index contributed by atoms with van der Waals surface area (Å²) in [4.78, 5) is 23.6. The lowest BCUT2D eigenvalue weighted by Gasteiger charge is -2.31. The first-order chi connectivity index (χ1) is 15.6. The Labute approximate surface area is 195 Å². The molecule has 0 spiro atoms. The van der Waals surface area contributed by atoms with Gasteiger partial charge in [-0.05, 0) is 76.5 Å². The SMILES string of the molecule is C=CC(=O)OCCCCCCOC1CCC(C(=O)OC2CCC(CCCCC)CC2)CC1. The van der Waals surface area contributed by atoms with Gasteiger partial charge in [0.1, 0.15) is 6.10 Å². The van der Waals surface area contributed by atoms with Gasteiger partial charge >= 0.3 is 11.9 Å². The zero-order chi connectivity index (χ0) is 23.0. The molecule has 0 N–H and O–H groups in total. The number of hydrogen-bond acceptors (Lipinski definition) is 5. The molecule has 5 heteroatoms. The standard InChI is InChI=1S/C27H46O5/c1-3-5-8-11-22-12-16-25(17-13-22)32-27(29)23-14-18-24(19-15-23)30-20-9-6-7-10-21-31-26(28)4-2/h4,22-25H,2-3,5-21H2,1H3. The minimum absolute atomic E-state index is 0.0371. The summed E-state index contributed by atoms with van der Waals surface area (Å²) >= 11 is 0. The molecule has 32 heavy (non-hydrogen) atoms. The van der Waals surface area contributed by atoms with Gasteiger partial charge in [-0.2, -0.15) is 0 Å². The molecule has 2 aliphatic rings. The summed E-state index contributed by atoms with van der Waals surface area (Å²) in [5.74, 6) is 0.599. The average molecular weight is 451 g/mol. The summed E-state index contributed by atoms with van der Waals surface area (Å²) < 4.78 is 16.9. The van der Waals surface area contributed by atoms with Gasteiger partial charge in [0, 0.05) is 12.7 Å². The largest absolute Gasteiger partial charge is 0.463 e. The van der Waals surface area contributed by atoms with Crippen LogP contribution in [0.2, 0.25) is 0 Å². The van der Waals surface area contributed by atoms with Crippen LogP contribution in [0.3, 0.4) is 0 Å². The van der Waals surface area contributed by atoms with E-state index in [9.17, 15) is 9.59 Å². The maximum absolute atomic E-state index is 12.6. The van der Waals surface area contributed by atoms with Gasteiger partial charge in [0.05, 0.1) is 18.6 Å². The molecule has 0 amide bonds. The van der Waals surface area contributed by atoms with Crippen molar-refractivity contribution in [3.05, 3.63) is 12.7 Å². The number of esters is 2. The Morgan fingerprint density at radius 1 is 0.812 bits per heavy atom. The lowest BCUT2D eigenvalue weighted by atomic mass is 9.83. The number of carbonyl (C=O) groups is 2. The van der Waals surface area contributed by atoms with Gasteiger partial charge in [-0.25, -0.2) is 4.79 Å². The van der Waals surface area contributed by atoms with Crippen LogP contribution in [0.15, 0.2) is 12.7 Å².